The zero-order valence-electron chi connectivity index (χ0n) is 14.7. The fraction of sp³-hybridized carbons (Fsp3) is 0.579. The van der Waals surface area contributed by atoms with E-state index >= 15 is 0 Å². The normalized spacial score (nSPS) is 30.7. The maximum absolute atomic E-state index is 12.8. The second-order valence-electron chi connectivity index (χ2n) is 7.20. The van der Waals surface area contributed by atoms with Crippen molar-refractivity contribution in [3.8, 4) is 5.75 Å². The summed E-state index contributed by atoms with van der Waals surface area (Å²) in [5.41, 5.74) is 0.631. The molecule has 0 bridgehead atoms. The van der Waals surface area contributed by atoms with Gasteiger partial charge in [0, 0.05) is 5.92 Å². The van der Waals surface area contributed by atoms with E-state index in [2.05, 4.69) is 19.2 Å². The van der Waals surface area contributed by atoms with Gasteiger partial charge in [0.1, 0.15) is 5.75 Å². The standard InChI is InChI=1S/C19H26N2O3/c1-12-5-4-6-16(13(12)2)20-17-11-18(22)21(19(17)23)14-7-9-15(24-3)10-8-14/h7-10,12-13,16-17,20H,4-6,11H2,1-3H3/p+1/t12-,13+,16-,17+/m0/s1. The molecule has 0 aromatic heterocycles. The summed E-state index contributed by atoms with van der Waals surface area (Å²) >= 11 is 0. The molecule has 1 saturated carbocycles. The van der Waals surface area contributed by atoms with Crippen LogP contribution in [0.15, 0.2) is 24.3 Å². The molecule has 130 valence electrons. The van der Waals surface area contributed by atoms with Crippen LogP contribution in [0.1, 0.15) is 39.5 Å². The summed E-state index contributed by atoms with van der Waals surface area (Å²) in [6.45, 7) is 4.56. The summed E-state index contributed by atoms with van der Waals surface area (Å²) in [5, 5.41) is 2.16. The van der Waals surface area contributed by atoms with Gasteiger partial charge < -0.3 is 10.1 Å². The van der Waals surface area contributed by atoms with Crippen molar-refractivity contribution in [2.45, 2.75) is 51.6 Å². The van der Waals surface area contributed by atoms with Crippen molar-refractivity contribution < 1.29 is 19.6 Å². The second-order valence-corrected chi connectivity index (χ2v) is 7.20. The molecule has 0 spiro atoms. The Morgan fingerprint density at radius 2 is 1.83 bits per heavy atom. The molecular weight excluding hydrogens is 304 g/mol. The van der Waals surface area contributed by atoms with E-state index in [4.69, 9.17) is 4.74 Å². The minimum atomic E-state index is -0.280. The molecule has 2 aliphatic rings. The molecule has 3 rings (SSSR count). The molecule has 4 atom stereocenters. The van der Waals surface area contributed by atoms with Crippen LogP contribution in [-0.4, -0.2) is 31.0 Å². The Balaban J connectivity index is 1.71. The van der Waals surface area contributed by atoms with Gasteiger partial charge in [0.2, 0.25) is 5.91 Å². The molecule has 2 N–H and O–H groups in total. The molecule has 1 aliphatic heterocycles. The van der Waals surface area contributed by atoms with Gasteiger partial charge in [0.05, 0.1) is 25.3 Å². The van der Waals surface area contributed by atoms with Gasteiger partial charge in [-0.15, -0.1) is 0 Å². The SMILES string of the molecule is COc1ccc(N2C(=O)C[C@@H]([NH2+][C@H]3CCC[C@H](C)[C@H]3C)C2=O)cc1. The number of hydrogen-bond acceptors (Lipinski definition) is 3. The molecule has 1 aromatic rings. The lowest BCUT2D eigenvalue weighted by molar-refractivity contribution is -0.716. The first-order valence-corrected chi connectivity index (χ1v) is 8.87. The van der Waals surface area contributed by atoms with E-state index in [1.54, 1.807) is 31.4 Å². The molecule has 1 heterocycles. The Morgan fingerprint density at radius 3 is 2.50 bits per heavy atom. The Bertz CT molecular complexity index is 614. The Labute approximate surface area is 143 Å². The Kier molecular flexibility index (Phi) is 4.90. The van der Waals surface area contributed by atoms with Crippen molar-refractivity contribution in [2.24, 2.45) is 11.8 Å². The van der Waals surface area contributed by atoms with Crippen LogP contribution in [0, 0.1) is 11.8 Å². The van der Waals surface area contributed by atoms with Gasteiger partial charge in [-0.3, -0.25) is 9.59 Å². The summed E-state index contributed by atoms with van der Waals surface area (Å²) < 4.78 is 5.13. The molecule has 0 unspecified atom stereocenters. The van der Waals surface area contributed by atoms with Gasteiger partial charge in [-0.1, -0.05) is 13.8 Å². The van der Waals surface area contributed by atoms with E-state index in [0.29, 0.717) is 35.7 Å². The fourth-order valence-corrected chi connectivity index (χ4v) is 4.00. The topological polar surface area (TPSA) is 63.2 Å². The van der Waals surface area contributed by atoms with Crippen molar-refractivity contribution in [1.29, 1.82) is 0 Å². The van der Waals surface area contributed by atoms with E-state index in [-0.39, 0.29) is 17.9 Å². The summed E-state index contributed by atoms with van der Waals surface area (Å²) in [6.07, 6.45) is 3.90. The third-order valence-corrected chi connectivity index (χ3v) is 5.76. The van der Waals surface area contributed by atoms with Gasteiger partial charge in [0.25, 0.3) is 5.91 Å². The smallest absolute Gasteiger partial charge is 0.292 e. The third kappa shape index (κ3) is 3.18. The average Bonchev–Trinajstić information content (AvgIpc) is 2.86. The van der Waals surface area contributed by atoms with Gasteiger partial charge in [-0.2, -0.15) is 0 Å². The molecule has 1 aliphatic carbocycles. The van der Waals surface area contributed by atoms with Crippen molar-refractivity contribution in [1.82, 2.24) is 0 Å². The number of imide groups is 1. The zero-order chi connectivity index (χ0) is 17.3. The van der Waals surface area contributed by atoms with Crippen LogP contribution in [0.3, 0.4) is 0 Å². The van der Waals surface area contributed by atoms with Crippen LogP contribution in [0.25, 0.3) is 0 Å². The average molecular weight is 331 g/mol. The largest absolute Gasteiger partial charge is 0.497 e. The number of carbonyl (C=O) groups is 2. The van der Waals surface area contributed by atoms with Crippen molar-refractivity contribution in [2.75, 3.05) is 12.0 Å². The number of benzene rings is 1. The molecular formula is C19H27N2O3+. The Hall–Kier alpha value is -1.88. The highest BCUT2D eigenvalue weighted by Gasteiger charge is 2.44. The first kappa shape index (κ1) is 17.0. The van der Waals surface area contributed by atoms with Crippen LogP contribution >= 0.6 is 0 Å². The van der Waals surface area contributed by atoms with Crippen LogP contribution < -0.4 is 15.0 Å². The van der Waals surface area contributed by atoms with E-state index in [9.17, 15) is 9.59 Å². The molecule has 1 aromatic carbocycles. The molecule has 0 radical (unpaired) electrons. The number of anilines is 1. The highest BCUT2D eigenvalue weighted by molar-refractivity contribution is 6.21. The molecule has 2 fully saturated rings. The van der Waals surface area contributed by atoms with E-state index in [1.165, 1.54) is 17.7 Å². The van der Waals surface area contributed by atoms with E-state index in [1.807, 2.05) is 0 Å². The zero-order valence-corrected chi connectivity index (χ0v) is 14.7. The first-order valence-electron chi connectivity index (χ1n) is 8.87. The molecule has 5 heteroatoms. The monoisotopic (exact) mass is 331 g/mol. The molecule has 24 heavy (non-hydrogen) atoms. The van der Waals surface area contributed by atoms with Crippen LogP contribution in [0.5, 0.6) is 5.75 Å². The van der Waals surface area contributed by atoms with E-state index < -0.39 is 0 Å². The second kappa shape index (κ2) is 6.93. The van der Waals surface area contributed by atoms with Gasteiger partial charge in [-0.05, 0) is 49.4 Å². The minimum Gasteiger partial charge on any atom is -0.497 e. The van der Waals surface area contributed by atoms with Gasteiger partial charge in [0.15, 0.2) is 6.04 Å². The highest BCUT2D eigenvalue weighted by atomic mass is 16.5. The highest BCUT2D eigenvalue weighted by Crippen LogP contribution is 2.29. The molecule has 2 amide bonds. The number of ether oxygens (including phenoxy) is 1. The number of quaternary nitrogens is 1. The number of rotatable bonds is 4. The predicted molar refractivity (Wildman–Crippen MR) is 91.8 cm³/mol. The van der Waals surface area contributed by atoms with Gasteiger partial charge in [-0.25, -0.2) is 4.90 Å². The summed E-state index contributed by atoms with van der Waals surface area (Å²) in [5.74, 6) is 1.78. The molecule has 1 saturated heterocycles. The summed E-state index contributed by atoms with van der Waals surface area (Å²) in [6, 6.07) is 7.24. The lowest BCUT2D eigenvalue weighted by Gasteiger charge is -2.33. The number of amides is 2. The number of carbonyl (C=O) groups excluding carboxylic acids is 2. The number of nitrogens with zero attached hydrogens (tertiary/aromatic N) is 1. The summed E-state index contributed by atoms with van der Waals surface area (Å²) in [7, 11) is 1.60. The molecule has 5 nitrogen and oxygen atoms in total. The maximum atomic E-state index is 12.8. The Morgan fingerprint density at radius 1 is 1.12 bits per heavy atom. The number of nitrogens with two attached hydrogens (primary N) is 1. The first-order chi connectivity index (χ1) is 11.5. The van der Waals surface area contributed by atoms with E-state index in [0.717, 1.165) is 6.42 Å². The lowest BCUT2D eigenvalue weighted by Crippen LogP contribution is -2.97. The summed E-state index contributed by atoms with van der Waals surface area (Å²) in [4.78, 5) is 26.5. The number of methoxy groups -OCH3 is 1. The van der Waals surface area contributed by atoms with Crippen LogP contribution in [0.4, 0.5) is 5.69 Å². The predicted octanol–water partition coefficient (Wildman–Crippen LogP) is 1.72. The van der Waals surface area contributed by atoms with Crippen LogP contribution in [-0.2, 0) is 9.59 Å². The third-order valence-electron chi connectivity index (χ3n) is 5.76. The minimum absolute atomic E-state index is 0.0874. The number of hydrogen-bond donors (Lipinski definition) is 1. The van der Waals surface area contributed by atoms with Crippen molar-refractivity contribution >= 4 is 17.5 Å². The lowest BCUT2D eigenvalue weighted by atomic mass is 9.78. The van der Waals surface area contributed by atoms with Crippen molar-refractivity contribution in [3.63, 3.8) is 0 Å². The van der Waals surface area contributed by atoms with Crippen molar-refractivity contribution in [3.05, 3.63) is 24.3 Å². The van der Waals surface area contributed by atoms with Crippen LogP contribution in [0.2, 0.25) is 0 Å². The van der Waals surface area contributed by atoms with Gasteiger partial charge >= 0.3 is 0 Å². The fourth-order valence-electron chi connectivity index (χ4n) is 4.00. The maximum Gasteiger partial charge on any atom is 0.292 e. The quantitative estimate of drug-likeness (QED) is 0.855.